The quantitative estimate of drug-likeness (QED) is 0.206. The van der Waals surface area contributed by atoms with E-state index in [9.17, 15) is 10.2 Å². The average molecular weight is 1050 g/mol. The SMILES string of the molecule is CC(c1cc(I)cc(I)c1)(c1cc(I)c(O)c(I)c1)c1cc(I)c(O)c(I)c1. The lowest BCUT2D eigenvalue weighted by Crippen LogP contribution is -2.26. The van der Waals surface area contributed by atoms with Gasteiger partial charge in [0.05, 0.1) is 14.3 Å². The Balaban J connectivity index is 2.41. The van der Waals surface area contributed by atoms with Gasteiger partial charge in [-0.15, -0.1) is 0 Å². The number of halogens is 6. The summed E-state index contributed by atoms with van der Waals surface area (Å²) in [6.45, 7) is 2.21. The van der Waals surface area contributed by atoms with Crippen LogP contribution in [0.3, 0.4) is 0 Å². The predicted molar refractivity (Wildman–Crippen MR) is 165 cm³/mol. The lowest BCUT2D eigenvalue weighted by Gasteiger charge is -2.33. The fourth-order valence-corrected chi connectivity index (χ4v) is 8.52. The number of phenolic OH excluding ortho intramolecular Hbond substituents is 2. The maximum atomic E-state index is 10.3. The van der Waals surface area contributed by atoms with Crippen molar-refractivity contribution >= 4 is 136 Å². The van der Waals surface area contributed by atoms with Gasteiger partial charge in [-0.3, -0.25) is 0 Å². The minimum Gasteiger partial charge on any atom is -0.506 e. The molecule has 3 aromatic rings. The van der Waals surface area contributed by atoms with Crippen LogP contribution in [0.25, 0.3) is 0 Å². The smallest absolute Gasteiger partial charge is 0.142 e. The molecule has 2 nitrogen and oxygen atoms in total. The van der Waals surface area contributed by atoms with E-state index in [-0.39, 0.29) is 0 Å². The molecule has 0 saturated heterocycles. The minimum atomic E-state index is -0.442. The first-order valence-corrected chi connectivity index (χ1v) is 14.3. The molecule has 8 heteroatoms. The van der Waals surface area contributed by atoms with E-state index < -0.39 is 5.41 Å². The summed E-state index contributed by atoms with van der Waals surface area (Å²) in [5.41, 5.74) is 2.95. The largest absolute Gasteiger partial charge is 0.506 e. The van der Waals surface area contributed by atoms with Crippen LogP contribution in [-0.4, -0.2) is 10.2 Å². The van der Waals surface area contributed by atoms with Crippen molar-refractivity contribution in [2.75, 3.05) is 0 Å². The average Bonchev–Trinajstić information content (AvgIpc) is 2.61. The topological polar surface area (TPSA) is 40.5 Å². The summed E-state index contributed by atoms with van der Waals surface area (Å²) >= 11 is 13.5. The monoisotopic (exact) mass is 1050 g/mol. The third kappa shape index (κ3) is 4.84. The van der Waals surface area contributed by atoms with Crippen molar-refractivity contribution < 1.29 is 10.2 Å². The number of rotatable bonds is 3. The molecule has 0 aliphatic rings. The molecule has 2 N–H and O–H groups in total. The first kappa shape index (κ1) is 24.3. The molecule has 0 radical (unpaired) electrons. The first-order valence-electron chi connectivity index (χ1n) is 7.87. The molecule has 0 spiro atoms. The van der Waals surface area contributed by atoms with Crippen LogP contribution >= 0.6 is 136 Å². The van der Waals surface area contributed by atoms with Crippen molar-refractivity contribution in [1.82, 2.24) is 0 Å². The third-order valence-electron chi connectivity index (χ3n) is 4.63. The Bertz CT molecular complexity index is 957. The molecule has 146 valence electrons. The molecule has 0 atom stereocenters. The Morgan fingerprint density at radius 3 is 1.14 bits per heavy atom. The Labute approximate surface area is 245 Å². The molecule has 0 fully saturated rings. The number of aromatic hydroxyl groups is 2. The normalized spacial score (nSPS) is 11.7. The summed E-state index contributed by atoms with van der Waals surface area (Å²) in [5, 5.41) is 20.6. The van der Waals surface area contributed by atoms with Crippen molar-refractivity contribution in [3.8, 4) is 11.5 Å². The Morgan fingerprint density at radius 1 is 0.536 bits per heavy atom. The Hall–Kier alpha value is 1.64. The number of phenols is 2. The summed E-state index contributed by atoms with van der Waals surface area (Å²) < 4.78 is 5.67. The number of benzene rings is 3. The molecular weight excluding hydrogens is 1030 g/mol. The van der Waals surface area contributed by atoms with E-state index in [2.05, 4.69) is 185 Å². The van der Waals surface area contributed by atoms with Gasteiger partial charge in [-0.25, -0.2) is 0 Å². The fourth-order valence-electron chi connectivity index (χ4n) is 3.05. The van der Waals surface area contributed by atoms with Crippen molar-refractivity contribution in [3.05, 3.63) is 80.6 Å². The molecule has 28 heavy (non-hydrogen) atoms. The second-order valence-electron chi connectivity index (χ2n) is 6.36. The van der Waals surface area contributed by atoms with Gasteiger partial charge in [-0.05, 0) is 202 Å². The van der Waals surface area contributed by atoms with Crippen LogP contribution < -0.4 is 0 Å². The molecule has 0 heterocycles. The summed E-state index contributed by atoms with van der Waals surface area (Å²) in [7, 11) is 0. The van der Waals surface area contributed by atoms with Crippen LogP contribution in [0, 0.1) is 21.4 Å². The van der Waals surface area contributed by atoms with Gasteiger partial charge >= 0.3 is 0 Å². The lowest BCUT2D eigenvalue weighted by atomic mass is 9.71. The second kappa shape index (κ2) is 9.64. The summed E-state index contributed by atoms with van der Waals surface area (Å²) in [5.74, 6) is 0.638. The van der Waals surface area contributed by atoms with Gasteiger partial charge in [-0.1, -0.05) is 0 Å². The summed E-state index contributed by atoms with van der Waals surface area (Å²) in [6.07, 6.45) is 0. The number of hydrogen-bond acceptors (Lipinski definition) is 2. The molecule has 0 aliphatic heterocycles. The van der Waals surface area contributed by atoms with Gasteiger partial charge in [0.2, 0.25) is 0 Å². The summed E-state index contributed by atoms with van der Waals surface area (Å²) in [6, 6.07) is 14.8. The predicted octanol–water partition coefficient (Wildman–Crippen LogP) is 8.08. The van der Waals surface area contributed by atoms with E-state index in [1.807, 2.05) is 0 Å². The third-order valence-corrected chi connectivity index (χ3v) is 9.16. The van der Waals surface area contributed by atoms with Crippen LogP contribution in [0.2, 0.25) is 0 Å². The van der Waals surface area contributed by atoms with E-state index in [0.717, 1.165) is 25.4 Å². The summed E-state index contributed by atoms with van der Waals surface area (Å²) in [4.78, 5) is 0. The fraction of sp³-hybridized carbons (Fsp3) is 0.100. The number of hydrogen-bond donors (Lipinski definition) is 2. The lowest BCUT2D eigenvalue weighted by molar-refractivity contribution is 0.466. The molecule has 0 bridgehead atoms. The van der Waals surface area contributed by atoms with Crippen molar-refractivity contribution in [1.29, 1.82) is 0 Å². The zero-order valence-corrected chi connectivity index (χ0v) is 27.1. The van der Waals surface area contributed by atoms with E-state index in [1.165, 1.54) is 12.7 Å². The van der Waals surface area contributed by atoms with Crippen molar-refractivity contribution in [2.45, 2.75) is 12.3 Å². The highest BCUT2D eigenvalue weighted by atomic mass is 127. The van der Waals surface area contributed by atoms with Gasteiger partial charge in [0, 0.05) is 12.6 Å². The molecule has 3 aromatic carbocycles. The zero-order valence-electron chi connectivity index (χ0n) is 14.2. The highest BCUT2D eigenvalue weighted by Crippen LogP contribution is 2.44. The highest BCUT2D eigenvalue weighted by molar-refractivity contribution is 14.1. The van der Waals surface area contributed by atoms with Crippen LogP contribution in [0.1, 0.15) is 23.6 Å². The van der Waals surface area contributed by atoms with Gasteiger partial charge in [0.25, 0.3) is 0 Å². The minimum absolute atomic E-state index is 0.319. The molecule has 3 rings (SSSR count). The molecule has 0 aliphatic carbocycles. The molecule has 0 unspecified atom stereocenters. The molecule has 0 saturated carbocycles. The maximum Gasteiger partial charge on any atom is 0.142 e. The van der Waals surface area contributed by atoms with E-state index in [1.54, 1.807) is 0 Å². The van der Waals surface area contributed by atoms with Gasteiger partial charge in [0.1, 0.15) is 11.5 Å². The van der Waals surface area contributed by atoms with E-state index in [0.29, 0.717) is 11.5 Å². The highest BCUT2D eigenvalue weighted by Gasteiger charge is 2.34. The van der Waals surface area contributed by atoms with Crippen LogP contribution in [0.15, 0.2) is 42.5 Å². The van der Waals surface area contributed by atoms with E-state index >= 15 is 0 Å². The first-order chi connectivity index (χ1) is 13.0. The second-order valence-corrected chi connectivity index (χ2v) is 13.5. The van der Waals surface area contributed by atoms with Gasteiger partial charge in [-0.2, -0.15) is 0 Å². The molecule has 0 amide bonds. The Kier molecular flexibility index (Phi) is 8.36. The molecular formula is C20H12I6O2. The van der Waals surface area contributed by atoms with Crippen molar-refractivity contribution in [2.24, 2.45) is 0 Å². The van der Waals surface area contributed by atoms with Crippen molar-refractivity contribution in [3.63, 3.8) is 0 Å². The van der Waals surface area contributed by atoms with Gasteiger partial charge in [0.15, 0.2) is 0 Å². The van der Waals surface area contributed by atoms with E-state index in [4.69, 9.17) is 0 Å². The van der Waals surface area contributed by atoms with Crippen LogP contribution in [0.5, 0.6) is 11.5 Å². The zero-order chi connectivity index (χ0) is 20.8. The maximum absolute atomic E-state index is 10.3. The standard InChI is InChI=1S/C20H12I6O2/c1-20(9-2-12(21)8-13(22)3-9,10-4-14(23)18(27)15(24)5-10)11-6-16(25)19(28)17(26)7-11/h2-8,27-28H,1H3. The van der Waals surface area contributed by atoms with Crippen LogP contribution in [0.4, 0.5) is 0 Å². The Morgan fingerprint density at radius 2 is 0.821 bits per heavy atom. The van der Waals surface area contributed by atoms with Gasteiger partial charge < -0.3 is 10.2 Å². The van der Waals surface area contributed by atoms with Crippen LogP contribution in [-0.2, 0) is 5.41 Å². The molecule has 0 aromatic heterocycles.